The lowest BCUT2D eigenvalue weighted by molar-refractivity contribution is -0.142. The maximum absolute atomic E-state index is 13.5. The van der Waals surface area contributed by atoms with E-state index in [0.717, 1.165) is 12.1 Å². The Morgan fingerprint density at radius 3 is 2.26 bits per heavy atom. The molecule has 19 heavy (non-hydrogen) atoms. The number of amides is 1. The molecular weight excluding hydrogens is 274 g/mol. The summed E-state index contributed by atoms with van der Waals surface area (Å²) in [6.07, 6.45) is -1.81. The van der Waals surface area contributed by atoms with E-state index in [1.165, 1.54) is 11.0 Å². The van der Waals surface area contributed by atoms with Crippen molar-refractivity contribution in [3.63, 3.8) is 0 Å². The van der Waals surface area contributed by atoms with E-state index in [9.17, 15) is 18.7 Å². The smallest absolute Gasteiger partial charge is 0.256 e. The molecular formula is C12H14F2N2O2S. The van der Waals surface area contributed by atoms with E-state index in [1.54, 1.807) is 4.31 Å². The van der Waals surface area contributed by atoms with Crippen LogP contribution in [0.25, 0.3) is 0 Å². The molecule has 1 saturated heterocycles. The highest BCUT2D eigenvalue weighted by atomic mass is 32.1. The lowest BCUT2D eigenvalue weighted by atomic mass is 10.1. The standard InChI is InChI=1S/C12H14F2N2O2S/c13-8-2-1-3-9(14)10(8)11(17)12(18)15-4-6-16(19)7-5-15/h1-3,11,17,19H,4-7H2. The Hall–Kier alpha value is -1.18. The molecule has 1 aliphatic rings. The van der Waals surface area contributed by atoms with Crippen LogP contribution in [0.1, 0.15) is 11.7 Å². The first-order valence-electron chi connectivity index (χ1n) is 5.85. The van der Waals surface area contributed by atoms with Crippen molar-refractivity contribution in [2.24, 2.45) is 0 Å². The predicted molar refractivity (Wildman–Crippen MR) is 68.5 cm³/mol. The zero-order chi connectivity index (χ0) is 14.0. The van der Waals surface area contributed by atoms with Crippen LogP contribution in [0, 0.1) is 11.6 Å². The molecule has 4 nitrogen and oxygen atoms in total. The Morgan fingerprint density at radius 1 is 1.21 bits per heavy atom. The number of carbonyl (C=O) groups excluding carboxylic acids is 1. The lowest BCUT2D eigenvalue weighted by Gasteiger charge is -2.33. The number of hydrogen-bond donors (Lipinski definition) is 2. The number of aliphatic hydroxyl groups is 1. The summed E-state index contributed by atoms with van der Waals surface area (Å²) in [6.45, 7) is 1.83. The fourth-order valence-corrected chi connectivity index (χ4v) is 2.16. The Kier molecular flexibility index (Phi) is 4.38. The first-order valence-corrected chi connectivity index (χ1v) is 6.25. The van der Waals surface area contributed by atoms with Crippen LogP contribution >= 0.6 is 12.8 Å². The molecule has 0 radical (unpaired) electrons. The Balaban J connectivity index is 2.15. The van der Waals surface area contributed by atoms with Crippen molar-refractivity contribution in [2.75, 3.05) is 26.2 Å². The quantitative estimate of drug-likeness (QED) is 0.798. The molecule has 0 aromatic heterocycles. The van der Waals surface area contributed by atoms with Crippen LogP contribution < -0.4 is 0 Å². The largest absolute Gasteiger partial charge is 0.378 e. The summed E-state index contributed by atoms with van der Waals surface area (Å²) in [7, 11) is 0. The van der Waals surface area contributed by atoms with Gasteiger partial charge in [0, 0.05) is 26.2 Å². The van der Waals surface area contributed by atoms with Gasteiger partial charge in [-0.3, -0.25) is 4.79 Å². The average molecular weight is 288 g/mol. The van der Waals surface area contributed by atoms with Gasteiger partial charge >= 0.3 is 0 Å². The SMILES string of the molecule is O=C(C(O)c1c(F)cccc1F)N1CCN(S)CC1. The second-order valence-electron chi connectivity index (χ2n) is 4.32. The molecule has 2 rings (SSSR count). The van der Waals surface area contributed by atoms with Gasteiger partial charge in [0.05, 0.1) is 5.56 Å². The van der Waals surface area contributed by atoms with Crippen molar-refractivity contribution in [2.45, 2.75) is 6.10 Å². The van der Waals surface area contributed by atoms with E-state index >= 15 is 0 Å². The molecule has 0 spiro atoms. The maximum atomic E-state index is 13.5. The maximum Gasteiger partial charge on any atom is 0.256 e. The van der Waals surface area contributed by atoms with E-state index in [1.807, 2.05) is 0 Å². The number of piperazine rings is 1. The first kappa shape index (κ1) is 14.2. The van der Waals surface area contributed by atoms with Gasteiger partial charge in [-0.05, 0) is 12.1 Å². The number of halogens is 2. The Labute approximate surface area is 115 Å². The number of rotatable bonds is 2. The van der Waals surface area contributed by atoms with Gasteiger partial charge in [-0.15, -0.1) is 0 Å². The highest BCUT2D eigenvalue weighted by Gasteiger charge is 2.30. The summed E-state index contributed by atoms with van der Waals surface area (Å²) >= 11 is 4.14. The fraction of sp³-hybridized carbons (Fsp3) is 0.417. The van der Waals surface area contributed by atoms with Gasteiger partial charge in [0.2, 0.25) is 0 Å². The van der Waals surface area contributed by atoms with E-state index in [2.05, 4.69) is 12.8 Å². The van der Waals surface area contributed by atoms with Gasteiger partial charge in [-0.1, -0.05) is 18.9 Å². The van der Waals surface area contributed by atoms with Crippen LogP contribution in [0.5, 0.6) is 0 Å². The topological polar surface area (TPSA) is 43.8 Å². The zero-order valence-corrected chi connectivity index (χ0v) is 11.0. The molecule has 1 aromatic carbocycles. The third-order valence-electron chi connectivity index (χ3n) is 3.07. The lowest BCUT2D eigenvalue weighted by Crippen LogP contribution is -2.47. The van der Waals surface area contributed by atoms with Gasteiger partial charge in [-0.2, -0.15) is 0 Å². The summed E-state index contributed by atoms with van der Waals surface area (Å²) in [4.78, 5) is 13.4. The normalized spacial score (nSPS) is 18.4. The molecule has 1 N–H and O–H groups in total. The van der Waals surface area contributed by atoms with Gasteiger partial charge in [-0.25, -0.2) is 13.1 Å². The Bertz CT molecular complexity index is 459. The van der Waals surface area contributed by atoms with Gasteiger partial charge in [0.25, 0.3) is 5.91 Å². The van der Waals surface area contributed by atoms with Crippen LogP contribution in [0.2, 0.25) is 0 Å². The van der Waals surface area contributed by atoms with E-state index < -0.39 is 29.2 Å². The van der Waals surface area contributed by atoms with Gasteiger partial charge < -0.3 is 10.0 Å². The van der Waals surface area contributed by atoms with Gasteiger partial charge in [0.1, 0.15) is 11.6 Å². The van der Waals surface area contributed by atoms with Crippen molar-refractivity contribution < 1.29 is 18.7 Å². The molecule has 1 atom stereocenters. The molecule has 1 unspecified atom stereocenters. The minimum atomic E-state index is -1.81. The summed E-state index contributed by atoms with van der Waals surface area (Å²) in [5.41, 5.74) is -0.596. The van der Waals surface area contributed by atoms with Crippen LogP contribution in [-0.4, -0.2) is 46.4 Å². The third kappa shape index (κ3) is 3.05. The summed E-state index contributed by atoms with van der Waals surface area (Å²) in [5.74, 6) is -2.53. The van der Waals surface area contributed by atoms with Crippen LogP contribution in [0.15, 0.2) is 18.2 Å². The number of nitrogens with zero attached hydrogens (tertiary/aromatic N) is 2. The first-order chi connectivity index (χ1) is 9.00. The number of aliphatic hydroxyl groups excluding tert-OH is 1. The third-order valence-corrected chi connectivity index (χ3v) is 3.47. The molecule has 1 amide bonds. The molecule has 0 aliphatic carbocycles. The highest BCUT2D eigenvalue weighted by molar-refractivity contribution is 7.77. The second-order valence-corrected chi connectivity index (χ2v) is 4.88. The van der Waals surface area contributed by atoms with Crippen LogP contribution in [0.4, 0.5) is 8.78 Å². The summed E-state index contributed by atoms with van der Waals surface area (Å²) in [6, 6.07) is 3.21. The van der Waals surface area contributed by atoms with Crippen molar-refractivity contribution in [1.82, 2.24) is 9.21 Å². The minimum absolute atomic E-state index is 0.371. The zero-order valence-electron chi connectivity index (χ0n) is 10.1. The number of carbonyl (C=O) groups is 1. The molecule has 104 valence electrons. The average Bonchev–Trinajstić information content (AvgIpc) is 2.38. The van der Waals surface area contributed by atoms with Crippen molar-refractivity contribution in [1.29, 1.82) is 0 Å². The van der Waals surface area contributed by atoms with E-state index in [0.29, 0.717) is 26.2 Å². The van der Waals surface area contributed by atoms with Crippen molar-refractivity contribution in [3.05, 3.63) is 35.4 Å². The summed E-state index contributed by atoms with van der Waals surface area (Å²) in [5, 5.41) is 9.86. The highest BCUT2D eigenvalue weighted by Crippen LogP contribution is 2.23. The van der Waals surface area contributed by atoms with Crippen molar-refractivity contribution >= 4 is 18.7 Å². The Morgan fingerprint density at radius 2 is 1.74 bits per heavy atom. The van der Waals surface area contributed by atoms with E-state index in [-0.39, 0.29) is 0 Å². The monoisotopic (exact) mass is 288 g/mol. The molecule has 0 saturated carbocycles. The predicted octanol–water partition coefficient (Wildman–Crippen LogP) is 0.987. The summed E-state index contributed by atoms with van der Waals surface area (Å²) < 4.78 is 28.7. The molecule has 1 aliphatic heterocycles. The number of benzene rings is 1. The molecule has 1 fully saturated rings. The van der Waals surface area contributed by atoms with Crippen molar-refractivity contribution in [3.8, 4) is 0 Å². The van der Waals surface area contributed by atoms with E-state index in [4.69, 9.17) is 0 Å². The number of hydrogen-bond acceptors (Lipinski definition) is 4. The van der Waals surface area contributed by atoms with Gasteiger partial charge in [0.15, 0.2) is 6.10 Å². The number of thiol groups is 1. The molecule has 7 heteroatoms. The molecule has 1 aromatic rings. The van der Waals surface area contributed by atoms with Crippen LogP contribution in [-0.2, 0) is 4.79 Å². The minimum Gasteiger partial charge on any atom is -0.378 e. The van der Waals surface area contributed by atoms with Crippen LogP contribution in [0.3, 0.4) is 0 Å². The molecule has 0 bridgehead atoms. The molecule has 1 heterocycles. The fourth-order valence-electron chi connectivity index (χ4n) is 1.98. The second kappa shape index (κ2) is 5.85.